The summed E-state index contributed by atoms with van der Waals surface area (Å²) in [5.74, 6) is 3.53. The second-order valence-electron chi connectivity index (χ2n) is 7.16. The molecule has 1 fully saturated rings. The van der Waals surface area contributed by atoms with E-state index in [2.05, 4.69) is 24.7 Å². The van der Waals surface area contributed by atoms with Gasteiger partial charge < -0.3 is 9.47 Å². The third-order valence-corrected chi connectivity index (χ3v) is 4.65. The lowest BCUT2D eigenvalue weighted by molar-refractivity contribution is -0.0681. The van der Waals surface area contributed by atoms with Gasteiger partial charge in [-0.1, -0.05) is 31.6 Å². The highest BCUT2D eigenvalue weighted by atomic mass is 16.5. The topological polar surface area (TPSA) is 21.7 Å². The zero-order valence-corrected chi connectivity index (χ0v) is 15.9. The van der Waals surface area contributed by atoms with Crippen LogP contribution in [0.25, 0.3) is 0 Å². The maximum absolute atomic E-state index is 5.78. The number of ether oxygens (including phenoxy) is 2. The quantitative estimate of drug-likeness (QED) is 0.461. The summed E-state index contributed by atoms with van der Waals surface area (Å²) in [6.07, 6.45) is 13.7. The summed E-state index contributed by atoms with van der Waals surface area (Å²) in [5.41, 5.74) is 0.897. The van der Waals surface area contributed by atoms with Crippen LogP contribution in [-0.2, 0) is 4.74 Å². The van der Waals surface area contributed by atoms with E-state index >= 15 is 0 Å². The van der Waals surface area contributed by atoms with Crippen molar-refractivity contribution in [2.75, 3.05) is 26.2 Å². The van der Waals surface area contributed by atoms with E-state index < -0.39 is 0 Å². The molecule has 138 valence electrons. The second kappa shape index (κ2) is 11.2. The van der Waals surface area contributed by atoms with Crippen LogP contribution >= 0.6 is 0 Å². The standard InChI is InChI=1S/C22H33NO2/c1-4-21-11-13-22(14-12-21)24-16-10-8-6-5-7-9-15-23-17-19(2)25-20(3)18-23/h1,11-14,19-20H,5-10,15-18H2,2-3H3/t19-,20+. The maximum Gasteiger partial charge on any atom is 0.119 e. The van der Waals surface area contributed by atoms with E-state index in [4.69, 9.17) is 15.9 Å². The molecular weight excluding hydrogens is 310 g/mol. The lowest BCUT2D eigenvalue weighted by atomic mass is 10.1. The highest BCUT2D eigenvalue weighted by Gasteiger charge is 2.21. The Morgan fingerprint density at radius 3 is 2.24 bits per heavy atom. The van der Waals surface area contributed by atoms with Crippen LogP contribution in [0.5, 0.6) is 5.75 Å². The number of hydrogen-bond acceptors (Lipinski definition) is 3. The van der Waals surface area contributed by atoms with Gasteiger partial charge >= 0.3 is 0 Å². The van der Waals surface area contributed by atoms with E-state index in [0.717, 1.165) is 37.4 Å². The number of benzene rings is 1. The molecule has 0 unspecified atom stereocenters. The predicted molar refractivity (Wildman–Crippen MR) is 104 cm³/mol. The first-order chi connectivity index (χ1) is 12.2. The van der Waals surface area contributed by atoms with Crippen LogP contribution in [0.2, 0.25) is 0 Å². The first kappa shape index (κ1) is 19.8. The first-order valence-corrected chi connectivity index (χ1v) is 9.74. The number of morpholine rings is 1. The molecule has 3 heteroatoms. The van der Waals surface area contributed by atoms with Crippen LogP contribution in [0.3, 0.4) is 0 Å². The molecule has 0 radical (unpaired) electrons. The zero-order chi connectivity index (χ0) is 17.9. The Labute approximate surface area is 153 Å². The van der Waals surface area contributed by atoms with E-state index in [-0.39, 0.29) is 0 Å². The molecule has 0 bridgehead atoms. The van der Waals surface area contributed by atoms with Crippen LogP contribution in [0.4, 0.5) is 0 Å². The lowest BCUT2D eigenvalue weighted by Crippen LogP contribution is -2.45. The van der Waals surface area contributed by atoms with E-state index in [0.29, 0.717) is 12.2 Å². The number of hydrogen-bond donors (Lipinski definition) is 0. The van der Waals surface area contributed by atoms with E-state index in [1.165, 1.54) is 38.6 Å². The molecule has 1 aliphatic rings. The molecule has 1 heterocycles. The lowest BCUT2D eigenvalue weighted by Gasteiger charge is -2.35. The first-order valence-electron chi connectivity index (χ1n) is 9.74. The number of terminal acetylenes is 1. The van der Waals surface area contributed by atoms with E-state index in [1.807, 2.05) is 24.3 Å². The van der Waals surface area contributed by atoms with Gasteiger partial charge in [-0.3, -0.25) is 4.90 Å². The molecule has 0 aliphatic carbocycles. The fourth-order valence-electron chi connectivity index (χ4n) is 3.45. The van der Waals surface area contributed by atoms with Gasteiger partial charge in [0, 0.05) is 18.7 Å². The van der Waals surface area contributed by atoms with Crippen molar-refractivity contribution in [2.45, 2.75) is 64.6 Å². The Hall–Kier alpha value is -1.50. The largest absolute Gasteiger partial charge is 0.494 e. The van der Waals surface area contributed by atoms with Crippen molar-refractivity contribution in [3.8, 4) is 18.1 Å². The van der Waals surface area contributed by atoms with Gasteiger partial charge in [-0.2, -0.15) is 0 Å². The molecule has 1 aromatic carbocycles. The van der Waals surface area contributed by atoms with Gasteiger partial charge in [-0.05, 0) is 57.5 Å². The zero-order valence-electron chi connectivity index (χ0n) is 15.9. The van der Waals surface area contributed by atoms with Crippen molar-refractivity contribution in [1.29, 1.82) is 0 Å². The van der Waals surface area contributed by atoms with Gasteiger partial charge in [0.05, 0.1) is 18.8 Å². The minimum Gasteiger partial charge on any atom is -0.494 e. The summed E-state index contributed by atoms with van der Waals surface area (Å²) in [5, 5.41) is 0. The van der Waals surface area contributed by atoms with Crippen molar-refractivity contribution in [3.63, 3.8) is 0 Å². The normalized spacial score (nSPS) is 21.0. The maximum atomic E-state index is 5.78. The van der Waals surface area contributed by atoms with Crippen molar-refractivity contribution in [3.05, 3.63) is 29.8 Å². The molecule has 0 amide bonds. The van der Waals surface area contributed by atoms with Crippen molar-refractivity contribution in [2.24, 2.45) is 0 Å². The summed E-state index contributed by atoms with van der Waals surface area (Å²) in [6.45, 7) is 8.53. The number of nitrogens with zero attached hydrogens (tertiary/aromatic N) is 1. The molecule has 1 saturated heterocycles. The highest BCUT2D eigenvalue weighted by molar-refractivity contribution is 5.36. The molecule has 2 atom stereocenters. The molecular formula is C22H33NO2. The molecule has 0 saturated carbocycles. The van der Waals surface area contributed by atoms with Gasteiger partial charge in [0.25, 0.3) is 0 Å². The Morgan fingerprint density at radius 1 is 1.00 bits per heavy atom. The molecule has 3 nitrogen and oxygen atoms in total. The Morgan fingerprint density at radius 2 is 1.60 bits per heavy atom. The van der Waals surface area contributed by atoms with Gasteiger partial charge in [0.1, 0.15) is 5.75 Å². The fraction of sp³-hybridized carbons (Fsp3) is 0.636. The summed E-state index contributed by atoms with van der Waals surface area (Å²) >= 11 is 0. The highest BCUT2D eigenvalue weighted by Crippen LogP contribution is 2.14. The number of rotatable bonds is 10. The Balaban J connectivity index is 1.42. The smallest absolute Gasteiger partial charge is 0.119 e. The molecule has 1 aromatic rings. The van der Waals surface area contributed by atoms with Gasteiger partial charge in [0.15, 0.2) is 0 Å². The number of unbranched alkanes of at least 4 members (excludes halogenated alkanes) is 5. The third kappa shape index (κ3) is 7.94. The minimum absolute atomic E-state index is 0.381. The molecule has 1 aliphatic heterocycles. The average Bonchev–Trinajstić information content (AvgIpc) is 2.60. The van der Waals surface area contributed by atoms with Crippen molar-refractivity contribution < 1.29 is 9.47 Å². The fourth-order valence-corrected chi connectivity index (χ4v) is 3.45. The van der Waals surface area contributed by atoms with Crippen molar-refractivity contribution in [1.82, 2.24) is 4.90 Å². The van der Waals surface area contributed by atoms with Gasteiger partial charge in [-0.25, -0.2) is 0 Å². The second-order valence-corrected chi connectivity index (χ2v) is 7.16. The van der Waals surface area contributed by atoms with Crippen LogP contribution < -0.4 is 4.74 Å². The molecule has 0 aromatic heterocycles. The summed E-state index contributed by atoms with van der Waals surface area (Å²) < 4.78 is 11.5. The van der Waals surface area contributed by atoms with E-state index in [9.17, 15) is 0 Å². The monoisotopic (exact) mass is 343 g/mol. The van der Waals surface area contributed by atoms with Crippen LogP contribution in [0.15, 0.2) is 24.3 Å². The molecule has 25 heavy (non-hydrogen) atoms. The van der Waals surface area contributed by atoms with Crippen molar-refractivity contribution >= 4 is 0 Å². The molecule has 2 rings (SSSR count). The summed E-state index contributed by atoms with van der Waals surface area (Å²) in [4.78, 5) is 2.55. The minimum atomic E-state index is 0.381. The molecule has 0 spiro atoms. The van der Waals surface area contributed by atoms with Crippen LogP contribution in [-0.4, -0.2) is 43.3 Å². The van der Waals surface area contributed by atoms with Gasteiger partial charge in [-0.15, -0.1) is 6.42 Å². The summed E-state index contributed by atoms with van der Waals surface area (Å²) in [7, 11) is 0. The Kier molecular flexibility index (Phi) is 8.86. The summed E-state index contributed by atoms with van der Waals surface area (Å²) in [6, 6.07) is 7.74. The molecule has 0 N–H and O–H groups in total. The third-order valence-electron chi connectivity index (χ3n) is 4.65. The van der Waals surface area contributed by atoms with Crippen LogP contribution in [0.1, 0.15) is 57.9 Å². The Bertz CT molecular complexity index is 510. The van der Waals surface area contributed by atoms with E-state index in [1.54, 1.807) is 0 Å². The SMILES string of the molecule is C#Cc1ccc(OCCCCCCCCN2C[C@@H](C)O[C@@H](C)C2)cc1. The predicted octanol–water partition coefficient (Wildman–Crippen LogP) is 4.50. The van der Waals surface area contributed by atoms with Gasteiger partial charge in [0.2, 0.25) is 0 Å². The average molecular weight is 344 g/mol. The van der Waals surface area contributed by atoms with Crippen LogP contribution in [0, 0.1) is 12.3 Å².